The van der Waals surface area contributed by atoms with E-state index in [4.69, 9.17) is 10.5 Å². The van der Waals surface area contributed by atoms with Gasteiger partial charge in [-0.15, -0.1) is 0 Å². The summed E-state index contributed by atoms with van der Waals surface area (Å²) >= 11 is 0. The van der Waals surface area contributed by atoms with Crippen LogP contribution in [-0.4, -0.2) is 6.54 Å². The fourth-order valence-corrected chi connectivity index (χ4v) is 2.35. The first-order chi connectivity index (χ1) is 9.10. The molecule has 2 aromatic carbocycles. The fraction of sp³-hybridized carbons (Fsp3) is 0.294. The highest BCUT2D eigenvalue weighted by Gasteiger charge is 2.13. The molecule has 0 saturated carbocycles. The van der Waals surface area contributed by atoms with Gasteiger partial charge in [-0.1, -0.05) is 30.3 Å². The summed E-state index contributed by atoms with van der Waals surface area (Å²) in [6.45, 7) is 6.71. The monoisotopic (exact) mass is 255 g/mol. The highest BCUT2D eigenvalue weighted by atomic mass is 16.5. The summed E-state index contributed by atoms with van der Waals surface area (Å²) < 4.78 is 6.07. The van der Waals surface area contributed by atoms with Crippen LogP contribution in [0.3, 0.4) is 0 Å². The van der Waals surface area contributed by atoms with Gasteiger partial charge in [0.2, 0.25) is 0 Å². The van der Waals surface area contributed by atoms with Crippen molar-refractivity contribution in [3.05, 3.63) is 64.7 Å². The maximum absolute atomic E-state index is 6.07. The van der Waals surface area contributed by atoms with E-state index in [9.17, 15) is 0 Å². The van der Waals surface area contributed by atoms with Crippen molar-refractivity contribution in [3.8, 4) is 5.75 Å². The minimum Gasteiger partial charge on any atom is -0.484 e. The molecule has 2 rings (SSSR count). The summed E-state index contributed by atoms with van der Waals surface area (Å²) in [6, 6.07) is 14.5. The predicted octanol–water partition coefficient (Wildman–Crippen LogP) is 3.69. The molecule has 19 heavy (non-hydrogen) atoms. The van der Waals surface area contributed by atoms with Gasteiger partial charge in [0.15, 0.2) is 0 Å². The van der Waals surface area contributed by atoms with Gasteiger partial charge in [-0.05, 0) is 55.2 Å². The molecule has 0 aromatic heterocycles. The van der Waals surface area contributed by atoms with Crippen LogP contribution in [0.1, 0.15) is 28.4 Å². The van der Waals surface area contributed by atoms with Crippen LogP contribution >= 0.6 is 0 Å². The van der Waals surface area contributed by atoms with Crippen molar-refractivity contribution >= 4 is 0 Å². The number of rotatable bonds is 4. The summed E-state index contributed by atoms with van der Waals surface area (Å²) in [5.41, 5.74) is 10.6. The average Bonchev–Trinajstić information content (AvgIpc) is 2.36. The molecule has 0 heterocycles. The molecule has 1 atom stereocenters. The van der Waals surface area contributed by atoms with E-state index in [1.807, 2.05) is 24.3 Å². The van der Waals surface area contributed by atoms with Gasteiger partial charge in [-0.2, -0.15) is 0 Å². The van der Waals surface area contributed by atoms with E-state index in [0.29, 0.717) is 6.54 Å². The normalized spacial score (nSPS) is 12.2. The van der Waals surface area contributed by atoms with Crippen molar-refractivity contribution in [2.75, 3.05) is 6.54 Å². The van der Waals surface area contributed by atoms with E-state index in [0.717, 1.165) is 11.3 Å². The Kier molecular flexibility index (Phi) is 4.23. The van der Waals surface area contributed by atoms with Gasteiger partial charge in [0.25, 0.3) is 0 Å². The molecule has 0 aliphatic rings. The molecule has 100 valence electrons. The van der Waals surface area contributed by atoms with Gasteiger partial charge >= 0.3 is 0 Å². The van der Waals surface area contributed by atoms with Crippen LogP contribution in [0.5, 0.6) is 5.75 Å². The smallest absolute Gasteiger partial charge is 0.136 e. The minimum atomic E-state index is -0.0950. The first-order valence-corrected chi connectivity index (χ1v) is 6.60. The maximum Gasteiger partial charge on any atom is 0.136 e. The van der Waals surface area contributed by atoms with Crippen molar-refractivity contribution in [1.29, 1.82) is 0 Å². The third-order valence-electron chi connectivity index (χ3n) is 3.22. The lowest BCUT2D eigenvalue weighted by Gasteiger charge is -2.20. The zero-order chi connectivity index (χ0) is 13.8. The van der Waals surface area contributed by atoms with Crippen LogP contribution < -0.4 is 10.5 Å². The fourth-order valence-electron chi connectivity index (χ4n) is 2.35. The predicted molar refractivity (Wildman–Crippen MR) is 79.5 cm³/mol. The third kappa shape index (κ3) is 3.36. The zero-order valence-corrected chi connectivity index (χ0v) is 11.8. The molecule has 0 saturated heterocycles. The van der Waals surface area contributed by atoms with E-state index in [2.05, 4.69) is 39.0 Å². The van der Waals surface area contributed by atoms with E-state index < -0.39 is 0 Å². The first kappa shape index (κ1) is 13.6. The van der Waals surface area contributed by atoms with Gasteiger partial charge < -0.3 is 10.5 Å². The number of benzene rings is 2. The average molecular weight is 255 g/mol. The van der Waals surface area contributed by atoms with Crippen molar-refractivity contribution in [3.63, 3.8) is 0 Å². The molecule has 0 fully saturated rings. The SMILES string of the molecule is Cc1cc(C)cc(OC(CN)c2ccccc2C)c1. The molecule has 1 unspecified atom stereocenters. The van der Waals surface area contributed by atoms with Crippen molar-refractivity contribution < 1.29 is 4.74 Å². The van der Waals surface area contributed by atoms with Crippen LogP contribution in [0.25, 0.3) is 0 Å². The summed E-state index contributed by atoms with van der Waals surface area (Å²) in [7, 11) is 0. The van der Waals surface area contributed by atoms with Gasteiger partial charge in [-0.3, -0.25) is 0 Å². The Morgan fingerprint density at radius 1 is 1.00 bits per heavy atom. The number of ether oxygens (including phenoxy) is 1. The standard InChI is InChI=1S/C17H21NO/c1-12-8-13(2)10-15(9-12)19-17(11-18)16-7-5-4-6-14(16)3/h4-10,17H,11,18H2,1-3H3. The lowest BCUT2D eigenvalue weighted by Crippen LogP contribution is -2.19. The number of hydrogen-bond acceptors (Lipinski definition) is 2. The summed E-state index contributed by atoms with van der Waals surface area (Å²) in [4.78, 5) is 0. The molecular formula is C17H21NO. The Hall–Kier alpha value is -1.80. The first-order valence-electron chi connectivity index (χ1n) is 6.60. The highest BCUT2D eigenvalue weighted by molar-refractivity contribution is 5.35. The number of hydrogen-bond donors (Lipinski definition) is 1. The lowest BCUT2D eigenvalue weighted by atomic mass is 10.0. The lowest BCUT2D eigenvalue weighted by molar-refractivity contribution is 0.213. The molecule has 0 amide bonds. The van der Waals surface area contributed by atoms with E-state index in [1.165, 1.54) is 16.7 Å². The molecule has 0 bridgehead atoms. The summed E-state index contributed by atoms with van der Waals surface area (Å²) in [6.07, 6.45) is -0.0950. The van der Waals surface area contributed by atoms with Gasteiger partial charge in [0.05, 0.1) is 0 Å². The molecule has 2 nitrogen and oxygen atoms in total. The third-order valence-corrected chi connectivity index (χ3v) is 3.22. The molecule has 2 heteroatoms. The van der Waals surface area contributed by atoms with Gasteiger partial charge in [-0.25, -0.2) is 0 Å². The molecule has 2 aromatic rings. The second-order valence-electron chi connectivity index (χ2n) is 5.02. The Bertz CT molecular complexity index is 543. The summed E-state index contributed by atoms with van der Waals surface area (Å²) in [5, 5.41) is 0. The van der Waals surface area contributed by atoms with E-state index in [-0.39, 0.29) is 6.10 Å². The van der Waals surface area contributed by atoms with Crippen molar-refractivity contribution in [2.24, 2.45) is 5.73 Å². The Labute approximate surface area is 115 Å². The quantitative estimate of drug-likeness (QED) is 0.904. The Morgan fingerprint density at radius 3 is 2.21 bits per heavy atom. The van der Waals surface area contributed by atoms with Crippen LogP contribution in [-0.2, 0) is 0 Å². The number of nitrogens with two attached hydrogens (primary N) is 1. The Balaban J connectivity index is 2.26. The highest BCUT2D eigenvalue weighted by Crippen LogP contribution is 2.25. The van der Waals surface area contributed by atoms with Gasteiger partial charge in [0.1, 0.15) is 11.9 Å². The maximum atomic E-state index is 6.07. The second kappa shape index (κ2) is 5.89. The van der Waals surface area contributed by atoms with Crippen LogP contribution in [0.4, 0.5) is 0 Å². The second-order valence-corrected chi connectivity index (χ2v) is 5.02. The van der Waals surface area contributed by atoms with Crippen LogP contribution in [0.2, 0.25) is 0 Å². The van der Waals surface area contributed by atoms with E-state index >= 15 is 0 Å². The Morgan fingerprint density at radius 2 is 1.63 bits per heavy atom. The van der Waals surface area contributed by atoms with Crippen molar-refractivity contribution in [2.45, 2.75) is 26.9 Å². The van der Waals surface area contributed by atoms with Crippen molar-refractivity contribution in [1.82, 2.24) is 0 Å². The molecule has 0 aliphatic heterocycles. The molecule has 0 radical (unpaired) electrons. The topological polar surface area (TPSA) is 35.2 Å². The largest absolute Gasteiger partial charge is 0.484 e. The minimum absolute atomic E-state index is 0.0950. The molecule has 0 aliphatic carbocycles. The molecule has 0 spiro atoms. The van der Waals surface area contributed by atoms with Crippen LogP contribution in [0.15, 0.2) is 42.5 Å². The molecular weight excluding hydrogens is 234 g/mol. The zero-order valence-electron chi connectivity index (χ0n) is 11.8. The molecule has 2 N–H and O–H groups in total. The number of aryl methyl sites for hydroxylation is 3. The van der Waals surface area contributed by atoms with E-state index in [1.54, 1.807) is 0 Å². The summed E-state index contributed by atoms with van der Waals surface area (Å²) in [5.74, 6) is 0.885. The van der Waals surface area contributed by atoms with Crippen LogP contribution in [0, 0.1) is 20.8 Å². The van der Waals surface area contributed by atoms with Gasteiger partial charge in [0, 0.05) is 6.54 Å².